The van der Waals surface area contributed by atoms with Gasteiger partial charge in [0.1, 0.15) is 54.0 Å². The van der Waals surface area contributed by atoms with Crippen molar-refractivity contribution in [2.45, 2.75) is 110 Å². The third-order valence-corrected chi connectivity index (χ3v) is 9.37. The summed E-state index contributed by atoms with van der Waals surface area (Å²) in [4.78, 5) is 102. The Labute approximate surface area is 371 Å². The van der Waals surface area contributed by atoms with Crippen LogP contribution in [0.2, 0.25) is 0 Å². The summed E-state index contributed by atoms with van der Waals surface area (Å²) >= 11 is 0. The highest BCUT2D eigenvalue weighted by molar-refractivity contribution is 5.88. The van der Waals surface area contributed by atoms with Crippen LogP contribution in [0.1, 0.15) is 48.5 Å². The lowest BCUT2D eigenvalue weighted by Crippen LogP contribution is -2.67. The lowest BCUT2D eigenvalue weighted by Gasteiger charge is -2.48. The number of hydrogen-bond donors (Lipinski definition) is 5. The standard InChI is InChI=1S/C41H44O25/c1-14(42)55-12-27-33(57-16(3)44)36(58-17(4)45)38(60-19(6)47)40(63-27)65-34-28(13-56-15(2)43)64-41(39(61-20(7)48)37(34)59-18(5)46)66-35-31(54)29-23(50)10-22(49)11-26(29)62-32(35)21-8-24(51)30(53)25(52)9-21/h8-11,27-28,33-34,36-41,49-53H,12-13H2,1-7H3/t27-,28-,33+,34-,36+,37+,38-,39-,40+,41+/m1/s1. The number of carbonyl (C=O) groups excluding carboxylic acids is 7. The Hall–Kier alpha value is -7.38. The summed E-state index contributed by atoms with van der Waals surface area (Å²) in [6.45, 7) is 5.23. The van der Waals surface area contributed by atoms with Gasteiger partial charge in [-0.3, -0.25) is 38.4 Å². The van der Waals surface area contributed by atoms with Gasteiger partial charge in [-0.2, -0.15) is 0 Å². The van der Waals surface area contributed by atoms with Gasteiger partial charge in [0.15, 0.2) is 53.7 Å². The third kappa shape index (κ3) is 11.6. The quantitative estimate of drug-likeness (QED) is 0.0854. The number of esters is 7. The molecule has 0 saturated carbocycles. The topological polar surface area (TPSA) is 352 Å². The first-order valence-electron chi connectivity index (χ1n) is 19.5. The van der Waals surface area contributed by atoms with E-state index >= 15 is 0 Å². The SMILES string of the molecule is CC(=O)OC[C@H]1O[C@@H](O[C@H]2[C@H](OC(C)=O)[C@@H](OC(C)=O)[C@H](Oc3c(-c4cc(O)c(O)c(O)c4)oc4cc(O)cc(O)c4c3=O)O[C@@H]2COC(C)=O)[C@H](OC(C)=O)[C@@H](OC(C)=O)[C@H]1OC(C)=O. The van der Waals surface area contributed by atoms with Crippen molar-refractivity contribution in [3.8, 4) is 45.8 Å². The van der Waals surface area contributed by atoms with E-state index in [1.54, 1.807) is 0 Å². The maximum atomic E-state index is 14.3. The van der Waals surface area contributed by atoms with Crippen LogP contribution < -0.4 is 10.2 Å². The summed E-state index contributed by atoms with van der Waals surface area (Å²) in [5, 5.41) is 51.2. The second-order valence-electron chi connectivity index (χ2n) is 14.6. The molecule has 5 N–H and O–H groups in total. The van der Waals surface area contributed by atoms with Crippen LogP contribution in [0, 0.1) is 0 Å². The maximum Gasteiger partial charge on any atom is 0.303 e. The summed E-state index contributed by atoms with van der Waals surface area (Å²) in [5.74, 6) is -12.8. The van der Waals surface area contributed by atoms with Gasteiger partial charge in [0, 0.05) is 66.2 Å². The largest absolute Gasteiger partial charge is 0.508 e. The minimum Gasteiger partial charge on any atom is -0.508 e. The van der Waals surface area contributed by atoms with Gasteiger partial charge >= 0.3 is 41.8 Å². The van der Waals surface area contributed by atoms with E-state index in [4.69, 9.17) is 56.5 Å². The van der Waals surface area contributed by atoms with E-state index in [2.05, 4.69) is 0 Å². The molecule has 2 aliphatic heterocycles. The Kier molecular flexibility index (Phi) is 15.5. The average molecular weight is 937 g/mol. The Morgan fingerprint density at radius 3 is 1.47 bits per heavy atom. The lowest BCUT2D eigenvalue weighted by molar-refractivity contribution is -0.354. The number of aromatic hydroxyl groups is 5. The van der Waals surface area contributed by atoms with E-state index in [-0.39, 0.29) is 5.56 Å². The van der Waals surface area contributed by atoms with Gasteiger partial charge < -0.3 is 82.1 Å². The number of fused-ring (bicyclic) bond motifs is 1. The molecule has 2 saturated heterocycles. The van der Waals surface area contributed by atoms with Crippen LogP contribution in [-0.2, 0) is 80.9 Å². The molecule has 0 bridgehead atoms. The Morgan fingerprint density at radius 2 is 0.970 bits per heavy atom. The summed E-state index contributed by atoms with van der Waals surface area (Å²) in [6, 6.07) is 3.34. The molecule has 3 aromatic rings. The number of ether oxygens (including phenoxy) is 11. The van der Waals surface area contributed by atoms with Crippen molar-refractivity contribution in [3.05, 3.63) is 34.5 Å². The molecule has 0 aliphatic carbocycles. The van der Waals surface area contributed by atoms with Crippen molar-refractivity contribution >= 4 is 52.8 Å². The molecule has 0 unspecified atom stereocenters. The molecule has 1 aromatic heterocycles. The zero-order chi connectivity index (χ0) is 48.9. The second-order valence-corrected chi connectivity index (χ2v) is 14.6. The van der Waals surface area contributed by atoms with Crippen LogP contribution in [0.25, 0.3) is 22.3 Å². The number of rotatable bonds is 14. The smallest absolute Gasteiger partial charge is 0.303 e. The second kappa shape index (κ2) is 20.6. The maximum absolute atomic E-state index is 14.3. The van der Waals surface area contributed by atoms with Crippen LogP contribution in [-0.4, -0.2) is 142 Å². The molecule has 0 radical (unpaired) electrons. The molecule has 2 aliphatic rings. The molecule has 2 aromatic carbocycles. The minimum atomic E-state index is -2.16. The van der Waals surface area contributed by atoms with Crippen molar-refractivity contribution in [3.63, 3.8) is 0 Å². The van der Waals surface area contributed by atoms with E-state index in [0.717, 1.165) is 72.7 Å². The molecule has 0 spiro atoms. The van der Waals surface area contributed by atoms with E-state index in [1.807, 2.05) is 0 Å². The molecule has 10 atom stereocenters. The fourth-order valence-corrected chi connectivity index (χ4v) is 6.98. The number of benzene rings is 2. The van der Waals surface area contributed by atoms with Crippen LogP contribution in [0.5, 0.6) is 34.5 Å². The van der Waals surface area contributed by atoms with E-state index in [9.17, 15) is 63.9 Å². The molecule has 2 fully saturated rings. The molecule has 0 amide bonds. The number of phenolic OH excluding ortho intramolecular Hbond substituents is 5. The van der Waals surface area contributed by atoms with Crippen LogP contribution >= 0.6 is 0 Å². The highest BCUT2D eigenvalue weighted by Crippen LogP contribution is 2.44. The number of phenols is 5. The number of hydrogen-bond acceptors (Lipinski definition) is 25. The fraction of sp³-hybridized carbons (Fsp3) is 0.463. The van der Waals surface area contributed by atoms with E-state index in [0.29, 0.717) is 0 Å². The van der Waals surface area contributed by atoms with E-state index in [1.165, 1.54) is 0 Å². The number of carbonyl (C=O) groups is 7. The van der Waals surface area contributed by atoms with Crippen LogP contribution in [0.15, 0.2) is 33.5 Å². The highest BCUT2D eigenvalue weighted by Gasteiger charge is 2.58. The summed E-state index contributed by atoms with van der Waals surface area (Å²) in [7, 11) is 0. The summed E-state index contributed by atoms with van der Waals surface area (Å²) in [5.41, 5.74) is -2.08. The van der Waals surface area contributed by atoms with Crippen molar-refractivity contribution < 1.29 is 116 Å². The highest BCUT2D eigenvalue weighted by atomic mass is 16.8. The fourth-order valence-electron chi connectivity index (χ4n) is 6.98. The zero-order valence-electron chi connectivity index (χ0n) is 35.9. The van der Waals surface area contributed by atoms with Gasteiger partial charge in [0.05, 0.1) is 0 Å². The lowest BCUT2D eigenvalue weighted by atomic mass is 9.96. The Morgan fingerprint density at radius 1 is 0.530 bits per heavy atom. The Balaban J connectivity index is 1.71. The van der Waals surface area contributed by atoms with E-state index < -0.39 is 173 Å². The first kappa shape index (κ1) is 49.6. The van der Waals surface area contributed by atoms with Crippen molar-refractivity contribution in [2.24, 2.45) is 0 Å². The summed E-state index contributed by atoms with van der Waals surface area (Å²) < 4.78 is 68.5. The molecule has 25 nitrogen and oxygen atoms in total. The molecule has 358 valence electrons. The van der Waals surface area contributed by atoms with Gasteiger partial charge in [-0.05, 0) is 12.1 Å². The van der Waals surface area contributed by atoms with Gasteiger partial charge in [-0.25, -0.2) is 0 Å². The molecular weight excluding hydrogens is 892 g/mol. The average Bonchev–Trinajstić information content (AvgIpc) is 3.19. The first-order chi connectivity index (χ1) is 30.9. The van der Waals surface area contributed by atoms with Gasteiger partial charge in [-0.1, -0.05) is 0 Å². The van der Waals surface area contributed by atoms with Gasteiger partial charge in [-0.15, -0.1) is 0 Å². The van der Waals surface area contributed by atoms with Crippen molar-refractivity contribution in [1.82, 2.24) is 0 Å². The molecule has 66 heavy (non-hydrogen) atoms. The van der Waals surface area contributed by atoms with Crippen LogP contribution in [0.3, 0.4) is 0 Å². The molecular formula is C41H44O25. The van der Waals surface area contributed by atoms with Crippen molar-refractivity contribution in [2.75, 3.05) is 13.2 Å². The molecule has 25 heteroatoms. The molecule has 3 heterocycles. The van der Waals surface area contributed by atoms with Crippen LogP contribution in [0.4, 0.5) is 0 Å². The first-order valence-corrected chi connectivity index (χ1v) is 19.5. The zero-order valence-corrected chi connectivity index (χ0v) is 35.9. The van der Waals surface area contributed by atoms with Crippen molar-refractivity contribution in [1.29, 1.82) is 0 Å². The Bertz CT molecular complexity index is 2420. The molecule has 5 rings (SSSR count). The predicted octanol–water partition coefficient (Wildman–Crippen LogP) is 0.986. The third-order valence-electron chi connectivity index (χ3n) is 9.37. The normalized spacial score (nSPS) is 24.8. The predicted molar refractivity (Wildman–Crippen MR) is 210 cm³/mol. The summed E-state index contributed by atoms with van der Waals surface area (Å²) in [6.07, 6.45) is -18.7. The van der Waals surface area contributed by atoms with Gasteiger partial charge in [0.25, 0.3) is 0 Å². The minimum absolute atomic E-state index is 0.377. The monoisotopic (exact) mass is 936 g/mol. The van der Waals surface area contributed by atoms with Gasteiger partial charge in [0.2, 0.25) is 23.6 Å².